The molecule has 14 nitrogen and oxygen atoms in total. The van der Waals surface area contributed by atoms with E-state index in [0.717, 1.165) is 163 Å². The summed E-state index contributed by atoms with van der Waals surface area (Å²) in [5.41, 5.74) is 34.1. The van der Waals surface area contributed by atoms with Crippen molar-refractivity contribution < 1.29 is 0 Å². The number of anilines is 9. The van der Waals surface area contributed by atoms with E-state index in [0.29, 0.717) is 0 Å². The minimum Gasteiger partial charge on any atom is -0.309 e. The smallest absolute Gasteiger partial charge is 0.149 e. The zero-order valence-electron chi connectivity index (χ0n) is 67.7. The highest BCUT2D eigenvalue weighted by molar-refractivity contribution is 6.18. The standard InChI is InChI=1S/C38H24N4.2C37H23N5/c1-2-10-27(11-3-1)42-36-17-9-6-14-31(36)32-22-26(23-33-37(32)38(42)40-24-39-33)25-18-20-28(21-19-25)41-34-15-7-4-12-29(34)30-13-5-8-16-35(30)41;1-2-8-26(9-3-1)42-35-18-19-39-32-21-25(20-30(36(32)35)31-22-38-23-40-37(31)42)24-14-16-27(17-15-24)41-33-12-6-4-10-28(33)29-11-5-7-13-34(29)41;1-2-8-26(9-3-1)42-34-18-19-39-31-21-25(20-30(36(31)34)37-35(42)22-38-23-40-37)24-14-16-27(17-15-24)41-32-12-6-4-10-28(32)29-11-5-7-13-33(29)41/h1-24H;2*1-23H. The van der Waals surface area contributed by atoms with Crippen molar-refractivity contribution in [3.63, 3.8) is 0 Å². The predicted molar refractivity (Wildman–Crippen MR) is 515 cm³/mol. The second kappa shape index (κ2) is 29.2. The molecule has 16 aromatic carbocycles. The van der Waals surface area contributed by atoms with Gasteiger partial charge in [0.25, 0.3) is 0 Å². The highest BCUT2D eigenvalue weighted by Crippen LogP contribution is 2.55. The number of rotatable bonds is 9. The molecule has 0 bridgehead atoms. The van der Waals surface area contributed by atoms with Crippen LogP contribution in [0, 0.1) is 0 Å². The SMILES string of the molecule is c1ccc(N2c3ccccc3-c3cc(-c4ccc(-n5c6ccccc6c6ccccc65)cc4)cc4ncnc2c34)cc1.c1ccc(N2c3cncnc3-c3cc(-c4ccc(-n5c6ccccc6c6ccccc65)cc4)cc4nccc2c34)cc1.c1ccc(N2c3ncncc3-c3cc(-c4ccc(-n5c6ccccc6c6ccccc65)cc4)cc4nccc2c34)cc1. The summed E-state index contributed by atoms with van der Waals surface area (Å²) in [5.74, 6) is 1.78. The van der Waals surface area contributed by atoms with Crippen LogP contribution in [0.3, 0.4) is 0 Å². The Morgan fingerprint density at radius 1 is 0.190 bits per heavy atom. The third-order valence-corrected chi connectivity index (χ3v) is 25.0. The molecule has 0 saturated heterocycles. The summed E-state index contributed by atoms with van der Waals surface area (Å²) in [6, 6.07) is 135. The van der Waals surface area contributed by atoms with E-state index >= 15 is 0 Å². The van der Waals surface area contributed by atoms with Gasteiger partial charge in [0.05, 0.1) is 89.7 Å². The first-order valence-corrected chi connectivity index (χ1v) is 42.2. The molecule has 126 heavy (non-hydrogen) atoms. The molecule has 0 N–H and O–H groups in total. The maximum Gasteiger partial charge on any atom is 0.149 e. The molecule has 8 aromatic heterocycles. The van der Waals surface area contributed by atoms with Gasteiger partial charge >= 0.3 is 0 Å². The summed E-state index contributed by atoms with van der Waals surface area (Å²) in [4.78, 5) is 44.2. The van der Waals surface area contributed by atoms with Gasteiger partial charge in [-0.05, 0) is 208 Å². The lowest BCUT2D eigenvalue weighted by molar-refractivity contribution is 1.11. The molecule has 0 aliphatic carbocycles. The molecule has 3 aliphatic rings. The molecule has 14 heteroatoms. The van der Waals surface area contributed by atoms with Crippen molar-refractivity contribution in [3.05, 3.63) is 426 Å². The molecule has 27 rings (SSSR count). The Hall–Kier alpha value is -17.4. The molecule has 24 aromatic rings. The van der Waals surface area contributed by atoms with Crippen LogP contribution >= 0.6 is 0 Å². The molecule has 0 atom stereocenters. The molecule has 0 spiro atoms. The molecule has 0 unspecified atom stereocenters. The zero-order valence-corrected chi connectivity index (χ0v) is 67.7. The van der Waals surface area contributed by atoms with Crippen LogP contribution in [0.2, 0.25) is 0 Å². The third kappa shape index (κ3) is 11.5. The minimum absolute atomic E-state index is 0.870. The van der Waals surface area contributed by atoms with Gasteiger partial charge in [0.1, 0.15) is 30.6 Å². The van der Waals surface area contributed by atoms with Crippen molar-refractivity contribution in [1.29, 1.82) is 0 Å². The van der Waals surface area contributed by atoms with E-state index in [4.69, 9.17) is 29.9 Å². The number of pyridine rings is 2. The second-order valence-corrected chi connectivity index (χ2v) is 31.9. The molecule has 11 heterocycles. The van der Waals surface area contributed by atoms with Crippen molar-refractivity contribution in [2.75, 3.05) is 14.7 Å². The van der Waals surface area contributed by atoms with Gasteiger partial charge in [0, 0.05) is 112 Å². The number of fused-ring (bicyclic) bond motifs is 15. The molecule has 588 valence electrons. The fourth-order valence-electron chi connectivity index (χ4n) is 19.5. The van der Waals surface area contributed by atoms with E-state index in [1.165, 1.54) is 71.0 Å². The van der Waals surface area contributed by atoms with Gasteiger partial charge in [-0.1, -0.05) is 218 Å². The Labute approximate surface area is 723 Å². The average Bonchev–Trinajstić information content (AvgIpc) is 1.11. The third-order valence-electron chi connectivity index (χ3n) is 25.0. The van der Waals surface area contributed by atoms with Crippen molar-refractivity contribution in [2.24, 2.45) is 0 Å². The van der Waals surface area contributed by atoms with Crippen LogP contribution in [-0.2, 0) is 0 Å². The number of hydrogen-bond donors (Lipinski definition) is 0. The molecule has 0 amide bonds. The normalized spacial score (nSPS) is 12.2. The molecular formula is C112H70N14. The van der Waals surface area contributed by atoms with Crippen LogP contribution in [0.25, 0.3) is 182 Å². The van der Waals surface area contributed by atoms with Gasteiger partial charge in [-0.15, -0.1) is 0 Å². The first-order valence-electron chi connectivity index (χ1n) is 42.2. The Kier molecular flexibility index (Phi) is 16.6. The van der Waals surface area contributed by atoms with Gasteiger partial charge < -0.3 is 18.6 Å². The quantitative estimate of drug-likeness (QED) is 0.137. The number of benzene rings is 16. The van der Waals surface area contributed by atoms with Gasteiger partial charge in [0.2, 0.25) is 0 Å². The Balaban J connectivity index is 0.000000103. The Morgan fingerprint density at radius 3 is 1.00 bits per heavy atom. The fourth-order valence-corrected chi connectivity index (χ4v) is 19.5. The summed E-state index contributed by atoms with van der Waals surface area (Å²) < 4.78 is 7.04. The number of para-hydroxylation sites is 10. The molecule has 0 radical (unpaired) electrons. The Bertz CT molecular complexity index is 7530. The summed E-state index contributed by atoms with van der Waals surface area (Å²) >= 11 is 0. The lowest BCUT2D eigenvalue weighted by Gasteiger charge is -2.32. The molecule has 0 fully saturated rings. The van der Waals surface area contributed by atoms with E-state index in [9.17, 15) is 0 Å². The summed E-state index contributed by atoms with van der Waals surface area (Å²) in [6.45, 7) is 0. The van der Waals surface area contributed by atoms with Crippen LogP contribution in [0.4, 0.5) is 51.4 Å². The van der Waals surface area contributed by atoms with Crippen LogP contribution in [0.15, 0.2) is 426 Å². The minimum atomic E-state index is 0.870. The monoisotopic (exact) mass is 1610 g/mol. The first-order chi connectivity index (χ1) is 62.5. The lowest BCUT2D eigenvalue weighted by Crippen LogP contribution is -2.17. The number of nitrogens with zero attached hydrogens (tertiary/aromatic N) is 14. The van der Waals surface area contributed by atoms with Crippen LogP contribution in [-0.4, -0.2) is 53.6 Å². The second-order valence-electron chi connectivity index (χ2n) is 31.9. The number of hydrogen-bond acceptors (Lipinski definition) is 11. The van der Waals surface area contributed by atoms with Crippen LogP contribution in [0.5, 0.6) is 0 Å². The van der Waals surface area contributed by atoms with E-state index in [-0.39, 0.29) is 0 Å². The zero-order chi connectivity index (χ0) is 82.9. The van der Waals surface area contributed by atoms with Gasteiger partial charge in [-0.2, -0.15) is 0 Å². The van der Waals surface area contributed by atoms with E-state index < -0.39 is 0 Å². The van der Waals surface area contributed by atoms with E-state index in [1.54, 1.807) is 19.0 Å². The molecular weight excluding hydrogens is 1540 g/mol. The van der Waals surface area contributed by atoms with Crippen LogP contribution in [0.1, 0.15) is 0 Å². The Morgan fingerprint density at radius 2 is 0.540 bits per heavy atom. The van der Waals surface area contributed by atoms with Gasteiger partial charge in [-0.3, -0.25) is 19.8 Å². The molecule has 3 aliphatic heterocycles. The summed E-state index contributed by atoms with van der Waals surface area (Å²) in [7, 11) is 0. The van der Waals surface area contributed by atoms with Gasteiger partial charge in [0.15, 0.2) is 0 Å². The van der Waals surface area contributed by atoms with Crippen molar-refractivity contribution in [1.82, 2.24) is 53.6 Å². The predicted octanol–water partition coefficient (Wildman–Crippen LogP) is 28.3. The average molecular weight is 1610 g/mol. The van der Waals surface area contributed by atoms with Crippen molar-refractivity contribution in [2.45, 2.75) is 0 Å². The summed E-state index contributed by atoms with van der Waals surface area (Å²) in [6.07, 6.45) is 12.5. The highest BCUT2D eigenvalue weighted by Gasteiger charge is 2.33. The van der Waals surface area contributed by atoms with Crippen molar-refractivity contribution >= 4 is 150 Å². The van der Waals surface area contributed by atoms with Crippen molar-refractivity contribution in [3.8, 4) is 84.0 Å². The largest absolute Gasteiger partial charge is 0.309 e. The maximum atomic E-state index is 4.83. The summed E-state index contributed by atoms with van der Waals surface area (Å²) in [5, 5.41) is 10.9. The fraction of sp³-hybridized carbons (Fsp3) is 0. The highest BCUT2D eigenvalue weighted by atomic mass is 15.2. The number of aromatic nitrogens is 11. The van der Waals surface area contributed by atoms with Crippen LogP contribution < -0.4 is 14.7 Å². The van der Waals surface area contributed by atoms with Gasteiger partial charge in [-0.25, -0.2) is 29.9 Å². The molecule has 0 saturated carbocycles. The first kappa shape index (κ1) is 71.5. The topological polar surface area (TPSA) is 128 Å². The lowest BCUT2D eigenvalue weighted by atomic mass is 9.91. The van der Waals surface area contributed by atoms with E-state index in [2.05, 4.69) is 402 Å². The maximum absolute atomic E-state index is 4.83. The van der Waals surface area contributed by atoms with E-state index in [1.807, 2.05) is 43.0 Å².